The van der Waals surface area contributed by atoms with Crippen LogP contribution in [0.15, 0.2) is 18.2 Å². The molecule has 0 aliphatic carbocycles. The minimum absolute atomic E-state index is 0. The summed E-state index contributed by atoms with van der Waals surface area (Å²) in [5.74, 6) is -7.72. The average Bonchev–Trinajstić information content (AvgIpc) is 2.86. The standard InChI is InChI=1S/C22H32O6.C4H6O7S.3Na/c1-2-3-4-5-6-7-8-9-10-11-12-15-28-22(27)18-14-13-17(20(23)24)16-19(18)21(25)26;5-3(6)1-2(4(7)8)12(9,10)11;;;/h13-14,16H,2-12,15H2,1H3,(H,23,24)(H,25,26);2H,1H2,(H,5,6)(H,7,8)(H,9,10,11);;;/q;;3*+1/p-3. The zero-order chi connectivity index (χ0) is 30.7. The molecule has 0 radical (unpaired) electrons. The molecular weight excluding hydrogens is 621 g/mol. The van der Waals surface area contributed by atoms with E-state index in [2.05, 4.69) is 6.92 Å². The molecule has 226 valence electrons. The number of carbonyl (C=O) groups is 5. The number of carbonyl (C=O) groups excluding carboxylic acids is 4. The maximum Gasteiger partial charge on any atom is 1.00 e. The predicted molar refractivity (Wildman–Crippen MR) is 134 cm³/mol. The van der Waals surface area contributed by atoms with E-state index in [-0.39, 0.29) is 106 Å². The van der Waals surface area contributed by atoms with Crippen molar-refractivity contribution in [3.8, 4) is 0 Å². The molecule has 1 unspecified atom stereocenters. The summed E-state index contributed by atoms with van der Waals surface area (Å²) in [4.78, 5) is 53.9. The third-order valence-corrected chi connectivity index (χ3v) is 6.74. The third-order valence-electron chi connectivity index (χ3n) is 5.66. The van der Waals surface area contributed by atoms with E-state index in [9.17, 15) is 52.8 Å². The molecular formula is C26H35Na3O13S. The van der Waals surface area contributed by atoms with Gasteiger partial charge < -0.3 is 39.5 Å². The zero-order valence-corrected chi connectivity index (χ0v) is 32.1. The minimum atomic E-state index is -4.94. The molecule has 0 bridgehead atoms. The number of unbranched alkanes of at least 4 members (excludes halogenated alkanes) is 10. The van der Waals surface area contributed by atoms with Gasteiger partial charge in [-0.1, -0.05) is 77.2 Å². The van der Waals surface area contributed by atoms with E-state index in [1.165, 1.54) is 51.4 Å². The normalized spacial score (nSPS) is 10.7. The number of rotatable bonds is 19. The molecule has 1 aromatic carbocycles. The van der Waals surface area contributed by atoms with Crippen LogP contribution >= 0.6 is 0 Å². The smallest absolute Gasteiger partial charge is 0.550 e. The Morgan fingerprint density at radius 2 is 1.26 bits per heavy atom. The van der Waals surface area contributed by atoms with E-state index in [1.807, 2.05) is 0 Å². The maximum absolute atomic E-state index is 12.1. The summed E-state index contributed by atoms with van der Waals surface area (Å²) in [6, 6.07) is 3.20. The van der Waals surface area contributed by atoms with Gasteiger partial charge in [-0.15, -0.1) is 0 Å². The van der Waals surface area contributed by atoms with E-state index >= 15 is 0 Å². The summed E-state index contributed by atoms with van der Waals surface area (Å²) < 4.78 is 33.6. The number of ether oxygens (including phenoxy) is 1. The van der Waals surface area contributed by atoms with Gasteiger partial charge in [0.1, 0.15) is 5.25 Å². The SMILES string of the molecule is CCCCCCCCCCCCCOC(=O)c1ccc(C(=O)[O-])cc1C(=O)O.O=C([O-])CC(C(=O)[O-])S(=O)(=O)O.[Na+].[Na+].[Na+]. The van der Waals surface area contributed by atoms with Gasteiger partial charge in [0, 0.05) is 12.4 Å². The number of carboxylic acids is 4. The Bertz CT molecular complexity index is 1110. The van der Waals surface area contributed by atoms with Crippen molar-refractivity contribution in [1.29, 1.82) is 0 Å². The fourth-order valence-electron chi connectivity index (χ4n) is 3.50. The first kappa shape index (κ1) is 49.4. The second kappa shape index (κ2) is 27.8. The molecule has 1 aromatic rings. The molecule has 0 saturated carbocycles. The monoisotopic (exact) mass is 656 g/mol. The van der Waals surface area contributed by atoms with E-state index in [1.54, 1.807) is 0 Å². The number of aliphatic carboxylic acids is 2. The van der Waals surface area contributed by atoms with Crippen LogP contribution in [0, 0.1) is 0 Å². The van der Waals surface area contributed by atoms with Crippen LogP contribution in [0.3, 0.4) is 0 Å². The summed E-state index contributed by atoms with van der Waals surface area (Å²) in [5.41, 5.74) is -0.842. The summed E-state index contributed by atoms with van der Waals surface area (Å²) >= 11 is 0. The Morgan fingerprint density at radius 3 is 1.60 bits per heavy atom. The molecule has 0 saturated heterocycles. The molecule has 0 aromatic heterocycles. The van der Waals surface area contributed by atoms with Gasteiger partial charge in [0.05, 0.1) is 29.7 Å². The van der Waals surface area contributed by atoms with Gasteiger partial charge in [0.2, 0.25) is 0 Å². The van der Waals surface area contributed by atoms with Gasteiger partial charge in [0.15, 0.2) is 0 Å². The fourth-order valence-corrected chi connectivity index (χ4v) is 4.09. The summed E-state index contributed by atoms with van der Waals surface area (Å²) in [7, 11) is -4.94. The van der Waals surface area contributed by atoms with Gasteiger partial charge in [-0.25, -0.2) is 9.59 Å². The second-order valence-corrected chi connectivity index (χ2v) is 10.5. The van der Waals surface area contributed by atoms with Crippen LogP contribution in [0.1, 0.15) is 115 Å². The van der Waals surface area contributed by atoms with Crippen molar-refractivity contribution >= 4 is 40.0 Å². The fraction of sp³-hybridized carbons (Fsp3) is 0.577. The largest absolute Gasteiger partial charge is 1.00 e. The maximum atomic E-state index is 12.1. The van der Waals surface area contributed by atoms with Crippen LogP contribution in [0.25, 0.3) is 0 Å². The van der Waals surface area contributed by atoms with Gasteiger partial charge in [-0.2, -0.15) is 8.42 Å². The molecule has 0 aliphatic rings. The van der Waals surface area contributed by atoms with E-state index < -0.39 is 57.2 Å². The van der Waals surface area contributed by atoms with Crippen molar-refractivity contribution in [2.75, 3.05) is 6.61 Å². The molecule has 1 rings (SSSR count). The van der Waals surface area contributed by atoms with Gasteiger partial charge in [-0.05, 0) is 24.1 Å². The van der Waals surface area contributed by atoms with Crippen molar-refractivity contribution in [3.05, 3.63) is 34.9 Å². The molecule has 0 heterocycles. The zero-order valence-electron chi connectivity index (χ0n) is 25.3. The average molecular weight is 657 g/mol. The molecule has 43 heavy (non-hydrogen) atoms. The van der Waals surface area contributed by atoms with Gasteiger partial charge in [-0.3, -0.25) is 4.55 Å². The van der Waals surface area contributed by atoms with Gasteiger partial charge in [0.25, 0.3) is 10.1 Å². The van der Waals surface area contributed by atoms with Crippen LogP contribution in [0.5, 0.6) is 0 Å². The van der Waals surface area contributed by atoms with Crippen LogP contribution < -0.4 is 104 Å². The van der Waals surface area contributed by atoms with Crippen molar-refractivity contribution < 1.29 is 151 Å². The molecule has 2 N–H and O–H groups in total. The molecule has 0 aliphatic heterocycles. The first-order chi connectivity index (χ1) is 18.7. The minimum Gasteiger partial charge on any atom is -0.550 e. The Labute approximate surface area is 318 Å². The van der Waals surface area contributed by atoms with Crippen LogP contribution in [-0.4, -0.2) is 59.8 Å². The number of aromatic carboxylic acids is 2. The molecule has 13 nitrogen and oxygen atoms in total. The molecule has 0 fully saturated rings. The Balaban J connectivity index is -0.000000433. The summed E-state index contributed by atoms with van der Waals surface area (Å²) in [6.07, 6.45) is 11.7. The van der Waals surface area contributed by atoms with Crippen molar-refractivity contribution in [2.24, 2.45) is 0 Å². The number of carboxylic acid groups (broad SMARTS) is 4. The van der Waals surface area contributed by atoms with E-state index in [4.69, 9.17) is 9.29 Å². The number of esters is 1. The topological polar surface area (TPSA) is 238 Å². The summed E-state index contributed by atoms with van der Waals surface area (Å²) in [6.45, 7) is 2.44. The van der Waals surface area contributed by atoms with Gasteiger partial charge >= 0.3 is 101 Å². The first-order valence-electron chi connectivity index (χ1n) is 12.8. The molecule has 1 atom stereocenters. The predicted octanol–water partition coefficient (Wildman–Crippen LogP) is -8.64. The molecule has 17 heteroatoms. The Kier molecular flexibility index (Phi) is 31.9. The van der Waals surface area contributed by atoms with Crippen LogP contribution in [0.4, 0.5) is 0 Å². The number of hydrogen-bond acceptors (Lipinski definition) is 11. The third kappa shape index (κ3) is 23.5. The Hall–Kier alpha value is -0.520. The van der Waals surface area contributed by atoms with Crippen molar-refractivity contribution in [2.45, 2.75) is 89.2 Å². The molecule has 0 amide bonds. The first-order valence-corrected chi connectivity index (χ1v) is 14.3. The summed E-state index contributed by atoms with van der Waals surface area (Å²) in [5, 5.41) is 37.3. The Morgan fingerprint density at radius 1 is 0.791 bits per heavy atom. The van der Waals surface area contributed by atoms with Crippen molar-refractivity contribution in [3.63, 3.8) is 0 Å². The van der Waals surface area contributed by atoms with E-state index in [0.29, 0.717) is 0 Å². The van der Waals surface area contributed by atoms with E-state index in [0.717, 1.165) is 37.5 Å². The van der Waals surface area contributed by atoms with Crippen LogP contribution in [-0.2, 0) is 24.4 Å². The quantitative estimate of drug-likeness (QED) is 0.0610. The number of hydrogen-bond donors (Lipinski definition) is 2. The number of benzene rings is 1. The second-order valence-electron chi connectivity index (χ2n) is 8.92. The van der Waals surface area contributed by atoms with Crippen molar-refractivity contribution in [1.82, 2.24) is 0 Å². The van der Waals surface area contributed by atoms with Crippen LogP contribution in [0.2, 0.25) is 0 Å². The molecule has 0 spiro atoms.